The van der Waals surface area contributed by atoms with Gasteiger partial charge in [0.05, 0.1) is 18.3 Å². The van der Waals surface area contributed by atoms with Gasteiger partial charge in [-0.1, -0.05) is 41.9 Å². The Labute approximate surface area is 250 Å². The number of halogens is 2. The maximum Gasteiger partial charge on any atom is 0.256 e. The number of benzene rings is 3. The molecule has 0 spiro atoms. The summed E-state index contributed by atoms with van der Waals surface area (Å²) in [5, 5.41) is 24.8. The van der Waals surface area contributed by atoms with Crippen molar-refractivity contribution in [1.82, 2.24) is 10.2 Å². The summed E-state index contributed by atoms with van der Waals surface area (Å²) in [4.78, 5) is 26.7. The van der Waals surface area contributed by atoms with Crippen molar-refractivity contribution in [1.29, 1.82) is 0 Å². The van der Waals surface area contributed by atoms with Crippen molar-refractivity contribution in [2.45, 2.75) is 37.8 Å². The lowest BCUT2D eigenvalue weighted by Crippen LogP contribution is -2.48. The van der Waals surface area contributed by atoms with Crippen LogP contribution in [-0.4, -0.2) is 60.3 Å². The highest BCUT2D eigenvalue weighted by atomic mass is 35.5. The lowest BCUT2D eigenvalue weighted by molar-refractivity contribution is -0.123. The predicted octanol–water partition coefficient (Wildman–Crippen LogP) is 4.24. The molecule has 1 aliphatic heterocycles. The van der Waals surface area contributed by atoms with Crippen LogP contribution in [0.3, 0.4) is 0 Å². The van der Waals surface area contributed by atoms with E-state index in [0.717, 1.165) is 5.56 Å². The third-order valence-electron chi connectivity index (χ3n) is 7.92. The minimum Gasteiger partial charge on any atom is -0.497 e. The lowest BCUT2D eigenvalue weighted by atomic mass is 9.72. The van der Waals surface area contributed by atoms with Crippen LogP contribution >= 0.6 is 11.6 Å². The molecule has 5 N–H and O–H groups in total. The molecule has 1 saturated heterocycles. The summed E-state index contributed by atoms with van der Waals surface area (Å²) in [7, 11) is 1.57. The Morgan fingerprint density at radius 1 is 1.19 bits per heavy atom. The quantitative estimate of drug-likeness (QED) is 0.245. The molecule has 2 atom stereocenters. The molecule has 0 aliphatic carbocycles. The average molecular weight is 598 g/mol. The van der Waals surface area contributed by atoms with E-state index in [-0.39, 0.29) is 31.6 Å². The topological polar surface area (TPSA) is 125 Å². The second-order valence-corrected chi connectivity index (χ2v) is 10.9. The molecule has 4 rings (SSSR count). The van der Waals surface area contributed by atoms with Crippen molar-refractivity contribution in [3.63, 3.8) is 0 Å². The minimum atomic E-state index is -1.46. The van der Waals surface area contributed by atoms with E-state index < -0.39 is 35.8 Å². The highest BCUT2D eigenvalue weighted by Crippen LogP contribution is 2.46. The van der Waals surface area contributed by atoms with E-state index in [4.69, 9.17) is 27.2 Å². The standard InChI is InChI=1S/C32H37ClFN3O5/c1-42-24-8-2-6-22(17-24)30-26(9-3-10-27(30)33)32(41,13-5-14-36-29(39)20-38)23-7-4-15-37(19-23)31(40)25-12-11-21(18-35)16-28(25)34/h2-3,6,8-12,16-17,23,38,41H,4-5,7,13-15,18-20,35H2,1H3,(H,36,39). The van der Waals surface area contributed by atoms with Gasteiger partial charge in [-0.15, -0.1) is 0 Å². The van der Waals surface area contributed by atoms with E-state index in [2.05, 4.69) is 5.32 Å². The highest BCUT2D eigenvalue weighted by Gasteiger charge is 2.43. The normalized spacial score (nSPS) is 16.5. The van der Waals surface area contributed by atoms with Crippen LogP contribution in [0.1, 0.15) is 47.2 Å². The van der Waals surface area contributed by atoms with E-state index in [0.29, 0.717) is 53.3 Å². The Kier molecular flexibility index (Phi) is 10.6. The third kappa shape index (κ3) is 6.93. The van der Waals surface area contributed by atoms with Gasteiger partial charge in [-0.2, -0.15) is 0 Å². The fourth-order valence-electron chi connectivity index (χ4n) is 5.74. The number of likely N-dealkylation sites (tertiary alicyclic amines) is 1. The molecule has 2 amide bonds. The van der Waals surface area contributed by atoms with Gasteiger partial charge in [-0.05, 0) is 72.7 Å². The molecule has 0 aromatic heterocycles. The van der Waals surface area contributed by atoms with Crippen molar-refractivity contribution in [3.05, 3.63) is 88.2 Å². The van der Waals surface area contributed by atoms with E-state index in [9.17, 15) is 19.1 Å². The molecule has 0 bridgehead atoms. The molecule has 1 aliphatic rings. The number of carbonyl (C=O) groups excluding carboxylic acids is 2. The maximum atomic E-state index is 14.9. The summed E-state index contributed by atoms with van der Waals surface area (Å²) in [5.41, 5.74) is 6.71. The van der Waals surface area contributed by atoms with E-state index in [1.54, 1.807) is 30.2 Å². The van der Waals surface area contributed by atoms with Crippen molar-refractivity contribution in [3.8, 4) is 16.9 Å². The first-order valence-electron chi connectivity index (χ1n) is 14.0. The Hall–Kier alpha value is -3.50. The smallest absolute Gasteiger partial charge is 0.256 e. The van der Waals surface area contributed by atoms with Crippen LogP contribution in [0, 0.1) is 11.7 Å². The summed E-state index contributed by atoms with van der Waals surface area (Å²) in [6, 6.07) is 17.1. The van der Waals surface area contributed by atoms with Crippen molar-refractivity contribution >= 4 is 23.4 Å². The first-order valence-corrected chi connectivity index (χ1v) is 14.4. The van der Waals surface area contributed by atoms with Crippen LogP contribution in [-0.2, 0) is 16.9 Å². The van der Waals surface area contributed by atoms with Crippen molar-refractivity contribution in [2.24, 2.45) is 11.7 Å². The van der Waals surface area contributed by atoms with Gasteiger partial charge in [0.15, 0.2) is 0 Å². The zero-order valence-electron chi connectivity index (χ0n) is 23.6. The van der Waals surface area contributed by atoms with Gasteiger partial charge in [-0.25, -0.2) is 4.39 Å². The van der Waals surface area contributed by atoms with Gasteiger partial charge in [0.25, 0.3) is 5.91 Å². The molecule has 0 radical (unpaired) electrons. The SMILES string of the molecule is COc1cccc(-c2c(Cl)cccc2C(O)(CCCNC(=O)CO)C2CCCN(C(=O)c3ccc(CN)cc3F)C2)c1. The number of piperidine rings is 1. The van der Waals surface area contributed by atoms with Crippen LogP contribution in [0.15, 0.2) is 60.7 Å². The average Bonchev–Trinajstić information content (AvgIpc) is 3.02. The monoisotopic (exact) mass is 597 g/mol. The fraction of sp³-hybridized carbons (Fsp3) is 0.375. The largest absolute Gasteiger partial charge is 0.497 e. The number of aliphatic hydroxyl groups excluding tert-OH is 1. The number of rotatable bonds is 11. The highest BCUT2D eigenvalue weighted by molar-refractivity contribution is 6.33. The zero-order chi connectivity index (χ0) is 30.3. The Morgan fingerprint density at radius 2 is 1.98 bits per heavy atom. The summed E-state index contributed by atoms with van der Waals surface area (Å²) < 4.78 is 20.3. The second kappa shape index (κ2) is 14.1. The third-order valence-corrected chi connectivity index (χ3v) is 8.24. The maximum absolute atomic E-state index is 14.9. The number of amides is 2. The van der Waals surface area contributed by atoms with E-state index in [1.165, 1.54) is 12.1 Å². The molecule has 42 heavy (non-hydrogen) atoms. The molecular formula is C32H37ClFN3O5. The molecule has 2 unspecified atom stereocenters. The molecule has 8 nitrogen and oxygen atoms in total. The number of aliphatic hydroxyl groups is 2. The molecule has 1 fully saturated rings. The van der Waals surface area contributed by atoms with Crippen molar-refractivity contribution in [2.75, 3.05) is 33.4 Å². The molecule has 3 aromatic rings. The van der Waals surface area contributed by atoms with Crippen LogP contribution in [0.4, 0.5) is 4.39 Å². The summed E-state index contributed by atoms with van der Waals surface area (Å²) in [6.45, 7) is 0.402. The number of methoxy groups -OCH3 is 1. The molecular weight excluding hydrogens is 561 g/mol. The number of nitrogens with two attached hydrogens (primary N) is 1. The van der Waals surface area contributed by atoms with Gasteiger partial charge in [-0.3, -0.25) is 9.59 Å². The van der Waals surface area contributed by atoms with Crippen LogP contribution in [0.2, 0.25) is 5.02 Å². The number of hydrogen-bond donors (Lipinski definition) is 4. The summed E-state index contributed by atoms with van der Waals surface area (Å²) in [6.07, 6.45) is 1.85. The number of nitrogens with zero attached hydrogens (tertiary/aromatic N) is 1. The second-order valence-electron chi connectivity index (χ2n) is 10.5. The van der Waals surface area contributed by atoms with Gasteiger partial charge in [0.1, 0.15) is 18.2 Å². The van der Waals surface area contributed by atoms with Gasteiger partial charge in [0, 0.05) is 42.7 Å². The molecule has 0 saturated carbocycles. The molecule has 3 aromatic carbocycles. The predicted molar refractivity (Wildman–Crippen MR) is 160 cm³/mol. The fourth-order valence-corrected chi connectivity index (χ4v) is 6.02. The molecule has 10 heteroatoms. The van der Waals surface area contributed by atoms with Gasteiger partial charge >= 0.3 is 0 Å². The van der Waals surface area contributed by atoms with Crippen LogP contribution in [0.5, 0.6) is 5.75 Å². The van der Waals surface area contributed by atoms with Crippen molar-refractivity contribution < 1.29 is 28.9 Å². The number of nitrogens with one attached hydrogen (secondary N) is 1. The van der Waals surface area contributed by atoms with Gasteiger partial charge in [0.2, 0.25) is 5.91 Å². The van der Waals surface area contributed by atoms with Crippen LogP contribution in [0.25, 0.3) is 11.1 Å². The Bertz CT molecular complexity index is 1420. The molecule has 224 valence electrons. The number of carbonyl (C=O) groups is 2. The Balaban J connectivity index is 1.72. The van der Waals surface area contributed by atoms with Gasteiger partial charge < -0.3 is 30.9 Å². The minimum absolute atomic E-state index is 0.0390. The number of hydrogen-bond acceptors (Lipinski definition) is 6. The number of ether oxygens (including phenoxy) is 1. The first-order chi connectivity index (χ1) is 20.2. The van der Waals surface area contributed by atoms with Crippen LogP contribution < -0.4 is 15.8 Å². The summed E-state index contributed by atoms with van der Waals surface area (Å²) >= 11 is 6.78. The first kappa shape index (κ1) is 31.4. The molecule has 1 heterocycles. The Morgan fingerprint density at radius 3 is 2.69 bits per heavy atom. The summed E-state index contributed by atoms with van der Waals surface area (Å²) in [5.74, 6) is -1.37. The van der Waals surface area contributed by atoms with E-state index in [1.807, 2.05) is 30.3 Å². The van der Waals surface area contributed by atoms with E-state index >= 15 is 0 Å². The lowest BCUT2D eigenvalue weighted by Gasteiger charge is -2.44. The zero-order valence-corrected chi connectivity index (χ0v) is 24.4.